The summed E-state index contributed by atoms with van der Waals surface area (Å²) >= 11 is 0. The van der Waals surface area contributed by atoms with Crippen molar-refractivity contribution in [2.24, 2.45) is 0 Å². The number of aryl methyl sites for hydroxylation is 2. The van der Waals surface area contributed by atoms with Gasteiger partial charge in [-0.25, -0.2) is 23.1 Å². The van der Waals surface area contributed by atoms with E-state index < -0.39 is 24.1 Å². The van der Waals surface area contributed by atoms with Crippen molar-refractivity contribution in [3.63, 3.8) is 0 Å². The summed E-state index contributed by atoms with van der Waals surface area (Å²) in [6, 6.07) is 7.21. The summed E-state index contributed by atoms with van der Waals surface area (Å²) in [5.41, 5.74) is 2.72. The minimum absolute atomic E-state index is 0.0709. The van der Waals surface area contributed by atoms with Crippen LogP contribution in [0.1, 0.15) is 40.7 Å². The molecule has 3 aromatic heterocycles. The van der Waals surface area contributed by atoms with E-state index in [4.69, 9.17) is 4.74 Å². The second-order valence-corrected chi connectivity index (χ2v) is 8.56. The number of ether oxygens (including phenoxy) is 1. The number of hydrogen-bond donors (Lipinski definition) is 0. The molecule has 3 aromatic rings. The molecule has 3 unspecified atom stereocenters. The number of rotatable bonds is 3. The van der Waals surface area contributed by atoms with Crippen LogP contribution in [0.25, 0.3) is 5.82 Å². The first-order valence-corrected chi connectivity index (χ1v) is 11.1. The van der Waals surface area contributed by atoms with E-state index in [0.717, 1.165) is 27.3 Å². The van der Waals surface area contributed by atoms with E-state index in [9.17, 15) is 10.1 Å². The summed E-state index contributed by atoms with van der Waals surface area (Å²) in [7, 11) is 0. The highest BCUT2D eigenvalue weighted by molar-refractivity contribution is 5.57. The van der Waals surface area contributed by atoms with Gasteiger partial charge in [0.2, 0.25) is 6.30 Å². The van der Waals surface area contributed by atoms with Gasteiger partial charge >= 0.3 is 0 Å². The van der Waals surface area contributed by atoms with E-state index in [1.165, 1.54) is 17.0 Å². The molecule has 0 radical (unpaired) electrons. The van der Waals surface area contributed by atoms with Crippen molar-refractivity contribution in [3.05, 3.63) is 62.8 Å². The zero-order valence-electron chi connectivity index (χ0n) is 18.8. The fraction of sp³-hybridized carbons (Fsp3) is 0.435. The summed E-state index contributed by atoms with van der Waals surface area (Å²) in [4.78, 5) is 18.2. The van der Waals surface area contributed by atoms with E-state index in [1.54, 1.807) is 10.7 Å². The van der Waals surface area contributed by atoms with Crippen molar-refractivity contribution in [1.29, 1.82) is 5.26 Å². The van der Waals surface area contributed by atoms with E-state index in [2.05, 4.69) is 15.2 Å². The van der Waals surface area contributed by atoms with Gasteiger partial charge in [-0.2, -0.15) is 10.4 Å². The molecule has 9 nitrogen and oxygen atoms in total. The van der Waals surface area contributed by atoms with Gasteiger partial charge in [0.05, 0.1) is 36.2 Å². The quantitative estimate of drug-likeness (QED) is 0.546. The lowest BCUT2D eigenvalue weighted by Gasteiger charge is -2.39. The standard InChI is InChI=1S/C23H23F2N7O2/c1-13-9-14(2)31(28-13)19-3-4-20(33)32(29-19)18-5-7-30(22(25)21(18)24)23-15(11-26)10-16-12-34-8-6-17(16)27-23/h3-4,9-10,18,21-22H,5-8,12H2,1-2H3. The predicted molar refractivity (Wildman–Crippen MR) is 118 cm³/mol. The van der Waals surface area contributed by atoms with Crippen molar-refractivity contribution in [1.82, 2.24) is 24.5 Å². The Morgan fingerprint density at radius 1 is 1.21 bits per heavy atom. The van der Waals surface area contributed by atoms with Gasteiger partial charge in [-0.05, 0) is 38.5 Å². The number of pyridine rings is 1. The van der Waals surface area contributed by atoms with Crippen LogP contribution in [0.3, 0.4) is 0 Å². The Kier molecular flexibility index (Phi) is 5.61. The average Bonchev–Trinajstić information content (AvgIpc) is 3.18. The van der Waals surface area contributed by atoms with Gasteiger partial charge in [0.15, 0.2) is 12.0 Å². The Bertz CT molecular complexity index is 1350. The van der Waals surface area contributed by atoms with Gasteiger partial charge < -0.3 is 9.64 Å². The number of nitrogens with zero attached hydrogens (tertiary/aromatic N) is 7. The number of aromatic nitrogens is 5. The Hall–Kier alpha value is -3.65. The number of fused-ring (bicyclic) bond motifs is 1. The second kappa shape index (κ2) is 8.61. The molecular formula is C23H23F2N7O2. The molecule has 1 saturated heterocycles. The number of hydrogen-bond acceptors (Lipinski definition) is 7. The van der Waals surface area contributed by atoms with E-state index in [0.29, 0.717) is 25.5 Å². The first kappa shape index (κ1) is 22.2. The van der Waals surface area contributed by atoms with Crippen molar-refractivity contribution < 1.29 is 13.5 Å². The Labute approximate surface area is 194 Å². The molecule has 3 atom stereocenters. The van der Waals surface area contributed by atoms with E-state index in [1.807, 2.05) is 26.0 Å². The number of piperidine rings is 1. The van der Waals surface area contributed by atoms with E-state index in [-0.39, 0.29) is 24.3 Å². The molecule has 2 aliphatic rings. The van der Waals surface area contributed by atoms with Crippen molar-refractivity contribution in [3.8, 4) is 11.9 Å². The van der Waals surface area contributed by atoms with Gasteiger partial charge in [-0.15, -0.1) is 5.10 Å². The average molecular weight is 467 g/mol. The van der Waals surface area contributed by atoms with Gasteiger partial charge in [0, 0.05) is 30.3 Å². The Balaban J connectivity index is 1.46. The van der Waals surface area contributed by atoms with Crippen LogP contribution in [-0.4, -0.2) is 50.2 Å². The molecule has 34 heavy (non-hydrogen) atoms. The molecular weight excluding hydrogens is 444 g/mol. The van der Waals surface area contributed by atoms with Crippen LogP contribution in [0.5, 0.6) is 0 Å². The van der Waals surface area contributed by atoms with Crippen LogP contribution in [0.4, 0.5) is 14.6 Å². The highest BCUT2D eigenvalue weighted by atomic mass is 19.2. The van der Waals surface area contributed by atoms with Crippen molar-refractivity contribution >= 4 is 5.82 Å². The molecule has 0 aliphatic carbocycles. The SMILES string of the molecule is Cc1cc(C)n(-c2ccc(=O)n(C3CCN(c4nc5c(cc4C#N)COCC5)C(F)C3F)n2)n1. The fourth-order valence-corrected chi connectivity index (χ4v) is 4.59. The first-order chi connectivity index (χ1) is 16.4. The Morgan fingerprint density at radius 2 is 2.03 bits per heavy atom. The predicted octanol–water partition coefficient (Wildman–Crippen LogP) is 2.47. The maximum Gasteiger partial charge on any atom is 0.267 e. The number of nitriles is 1. The maximum atomic E-state index is 15.5. The third-order valence-electron chi connectivity index (χ3n) is 6.25. The topological polar surface area (TPSA) is 102 Å². The van der Waals surface area contributed by atoms with Gasteiger partial charge in [0.1, 0.15) is 11.9 Å². The van der Waals surface area contributed by atoms with Crippen LogP contribution < -0.4 is 10.5 Å². The molecule has 176 valence electrons. The van der Waals surface area contributed by atoms with Crippen LogP contribution in [0, 0.1) is 25.2 Å². The van der Waals surface area contributed by atoms with Gasteiger partial charge in [-0.3, -0.25) is 4.79 Å². The molecule has 0 saturated carbocycles. The monoisotopic (exact) mass is 467 g/mol. The molecule has 1 fully saturated rings. The number of alkyl halides is 2. The van der Waals surface area contributed by atoms with Gasteiger partial charge in [0.25, 0.3) is 5.56 Å². The summed E-state index contributed by atoms with van der Waals surface area (Å²) in [5.74, 6) is 0.467. The lowest BCUT2D eigenvalue weighted by Crippen LogP contribution is -2.51. The molecule has 0 amide bonds. The number of halogens is 2. The smallest absolute Gasteiger partial charge is 0.267 e. The third-order valence-corrected chi connectivity index (χ3v) is 6.25. The summed E-state index contributed by atoms with van der Waals surface area (Å²) < 4.78 is 38.9. The lowest BCUT2D eigenvalue weighted by molar-refractivity contribution is 0.0729. The van der Waals surface area contributed by atoms with E-state index >= 15 is 8.78 Å². The highest BCUT2D eigenvalue weighted by Gasteiger charge is 2.42. The number of anilines is 1. The van der Waals surface area contributed by atoms with Crippen LogP contribution in [-0.2, 0) is 17.8 Å². The zero-order chi connectivity index (χ0) is 24.0. The molecule has 2 aliphatic heterocycles. The molecule has 0 bridgehead atoms. The van der Waals surface area contributed by atoms with Crippen LogP contribution in [0.15, 0.2) is 29.1 Å². The van der Waals surface area contributed by atoms with Crippen molar-refractivity contribution in [2.45, 2.75) is 51.8 Å². The second-order valence-electron chi connectivity index (χ2n) is 8.56. The Morgan fingerprint density at radius 3 is 2.76 bits per heavy atom. The van der Waals surface area contributed by atoms with Crippen LogP contribution >= 0.6 is 0 Å². The first-order valence-electron chi connectivity index (χ1n) is 11.1. The summed E-state index contributed by atoms with van der Waals surface area (Å²) in [6.45, 7) is 4.57. The molecule has 5 heterocycles. The fourth-order valence-electron chi connectivity index (χ4n) is 4.59. The largest absolute Gasteiger partial charge is 0.376 e. The third kappa shape index (κ3) is 3.74. The van der Waals surface area contributed by atoms with Crippen LogP contribution in [0.2, 0.25) is 0 Å². The normalized spacial score (nSPS) is 22.3. The zero-order valence-corrected chi connectivity index (χ0v) is 18.8. The van der Waals surface area contributed by atoms with Crippen molar-refractivity contribution in [2.75, 3.05) is 18.1 Å². The molecule has 0 N–H and O–H groups in total. The summed E-state index contributed by atoms with van der Waals surface area (Å²) in [6.07, 6.45) is -3.49. The van der Waals surface area contributed by atoms with Gasteiger partial charge in [-0.1, -0.05) is 0 Å². The summed E-state index contributed by atoms with van der Waals surface area (Å²) in [5, 5.41) is 18.3. The lowest BCUT2D eigenvalue weighted by atomic mass is 10.0. The molecule has 0 spiro atoms. The molecule has 0 aromatic carbocycles. The molecule has 5 rings (SSSR count). The maximum absolute atomic E-state index is 15.5. The molecule has 11 heteroatoms. The minimum atomic E-state index is -2.10. The highest BCUT2D eigenvalue weighted by Crippen LogP contribution is 2.35. The minimum Gasteiger partial charge on any atom is -0.376 e.